The van der Waals surface area contributed by atoms with Crippen molar-refractivity contribution in [3.05, 3.63) is 24.3 Å². The van der Waals surface area contributed by atoms with Gasteiger partial charge in [-0.1, -0.05) is 39.0 Å². The van der Waals surface area contributed by atoms with E-state index in [0.29, 0.717) is 5.92 Å². The topological polar surface area (TPSA) is 55.8 Å². The molecule has 1 rings (SSSR count). The number of rotatable bonds is 8. The summed E-state index contributed by atoms with van der Waals surface area (Å²) >= 11 is 0. The number of ether oxygens (including phenoxy) is 1. The highest BCUT2D eigenvalue weighted by atomic mass is 28.4. The summed E-state index contributed by atoms with van der Waals surface area (Å²) in [7, 11) is -2.35. The Kier molecular flexibility index (Phi) is 8.10. The number of allylic oxidation sites excluding steroid dienone is 1. The first-order valence-corrected chi connectivity index (χ1v) is 13.5. The van der Waals surface area contributed by atoms with Gasteiger partial charge >= 0.3 is 6.09 Å². The van der Waals surface area contributed by atoms with Crippen LogP contribution in [0.5, 0.6) is 0 Å². The molecule has 6 heteroatoms. The van der Waals surface area contributed by atoms with Gasteiger partial charge < -0.3 is 9.16 Å². The summed E-state index contributed by atoms with van der Waals surface area (Å²) in [6.07, 6.45) is 3.71. The molecule has 0 bridgehead atoms. The first-order chi connectivity index (χ1) is 13.0. The summed E-state index contributed by atoms with van der Waals surface area (Å²) in [4.78, 5) is 27.8. The van der Waals surface area contributed by atoms with Gasteiger partial charge in [-0.25, -0.2) is 4.79 Å². The lowest BCUT2D eigenvalue weighted by Crippen LogP contribution is -2.57. The van der Waals surface area contributed by atoms with Crippen molar-refractivity contribution in [1.82, 2.24) is 4.90 Å². The van der Waals surface area contributed by atoms with Crippen LogP contribution in [0, 0.1) is 5.92 Å². The highest BCUT2D eigenvalue weighted by molar-refractivity contribution is 6.74. The summed E-state index contributed by atoms with van der Waals surface area (Å²) < 4.78 is 12.2. The van der Waals surface area contributed by atoms with E-state index in [-0.39, 0.29) is 16.9 Å². The molecule has 0 saturated heterocycles. The third kappa shape index (κ3) is 7.10. The van der Waals surface area contributed by atoms with E-state index in [2.05, 4.69) is 40.4 Å². The fourth-order valence-corrected chi connectivity index (χ4v) is 3.84. The van der Waals surface area contributed by atoms with Crippen LogP contribution in [0.25, 0.3) is 0 Å². The van der Waals surface area contributed by atoms with Crippen molar-refractivity contribution in [2.24, 2.45) is 5.92 Å². The van der Waals surface area contributed by atoms with Gasteiger partial charge in [0.15, 0.2) is 14.5 Å². The van der Waals surface area contributed by atoms with Crippen LogP contribution in [0.1, 0.15) is 68.2 Å². The molecule has 29 heavy (non-hydrogen) atoms. The van der Waals surface area contributed by atoms with E-state index < -0.39 is 26.2 Å². The minimum Gasteiger partial charge on any atom is -0.444 e. The lowest BCUT2D eigenvalue weighted by atomic mass is 10.0. The quantitative estimate of drug-likeness (QED) is 0.206. The predicted octanol–water partition coefficient (Wildman–Crippen LogP) is 6.07. The fourth-order valence-electron chi connectivity index (χ4n) is 2.70. The Hall–Kier alpha value is -1.40. The van der Waals surface area contributed by atoms with E-state index in [1.54, 1.807) is 13.0 Å². The zero-order valence-electron chi connectivity index (χ0n) is 20.1. The maximum atomic E-state index is 13.3. The van der Waals surface area contributed by atoms with E-state index >= 15 is 0 Å². The lowest BCUT2D eigenvalue weighted by molar-refractivity contribution is -0.131. The number of amides is 1. The van der Waals surface area contributed by atoms with Gasteiger partial charge in [-0.3, -0.25) is 9.69 Å². The molecule has 1 aliphatic rings. The molecule has 0 N–H and O–H groups in total. The monoisotopic (exact) mass is 423 g/mol. The SMILES string of the molecule is C=C(C1CC1)C(C)N(C(=O)OC(C)(C)C)[C@@H](O[Si](C)(C)C(C)(C)C)C(=O)C=CC. The zero-order valence-corrected chi connectivity index (χ0v) is 21.1. The Labute approximate surface area is 178 Å². The normalized spacial score (nSPS) is 17.7. The second-order valence-corrected chi connectivity index (χ2v) is 15.3. The van der Waals surface area contributed by atoms with E-state index in [1.807, 2.05) is 27.7 Å². The molecule has 2 atom stereocenters. The van der Waals surface area contributed by atoms with E-state index in [9.17, 15) is 9.59 Å². The maximum Gasteiger partial charge on any atom is 0.413 e. The lowest BCUT2D eigenvalue weighted by Gasteiger charge is -2.43. The highest BCUT2D eigenvalue weighted by Gasteiger charge is 2.46. The molecule has 1 fully saturated rings. The van der Waals surface area contributed by atoms with E-state index in [4.69, 9.17) is 9.16 Å². The average molecular weight is 424 g/mol. The molecule has 166 valence electrons. The Morgan fingerprint density at radius 1 is 1.14 bits per heavy atom. The molecular weight excluding hydrogens is 382 g/mol. The Morgan fingerprint density at radius 3 is 2.03 bits per heavy atom. The van der Waals surface area contributed by atoms with Crippen molar-refractivity contribution in [2.45, 2.75) is 104 Å². The smallest absolute Gasteiger partial charge is 0.413 e. The Balaban J connectivity index is 3.41. The average Bonchev–Trinajstić information content (AvgIpc) is 3.35. The molecule has 1 unspecified atom stereocenters. The number of carbonyl (C=O) groups excluding carboxylic acids is 2. The Bertz CT molecular complexity index is 651. The largest absolute Gasteiger partial charge is 0.444 e. The molecule has 0 aliphatic heterocycles. The van der Waals surface area contributed by atoms with Gasteiger partial charge in [-0.15, -0.1) is 0 Å². The molecule has 5 nitrogen and oxygen atoms in total. The van der Waals surface area contributed by atoms with Crippen LogP contribution in [-0.2, 0) is 14.0 Å². The van der Waals surface area contributed by atoms with Gasteiger partial charge in [0.1, 0.15) is 5.60 Å². The number of nitrogens with zero attached hydrogens (tertiary/aromatic N) is 1. The number of hydrogen-bond donors (Lipinski definition) is 0. The zero-order chi connectivity index (χ0) is 22.8. The summed E-state index contributed by atoms with van der Waals surface area (Å²) in [5, 5.41) is -0.113. The van der Waals surface area contributed by atoms with Gasteiger partial charge in [0.05, 0.1) is 6.04 Å². The highest BCUT2D eigenvalue weighted by Crippen LogP contribution is 2.41. The molecule has 1 saturated carbocycles. The predicted molar refractivity (Wildman–Crippen MR) is 121 cm³/mol. The minimum atomic E-state index is -2.35. The third-order valence-electron chi connectivity index (χ3n) is 5.70. The van der Waals surface area contributed by atoms with Crippen LogP contribution in [0.2, 0.25) is 18.1 Å². The number of ketones is 1. The molecular formula is C23H41NO4Si. The van der Waals surface area contributed by atoms with Gasteiger partial charge in [0.25, 0.3) is 0 Å². The summed E-state index contributed by atoms with van der Waals surface area (Å²) in [5.74, 6) is 0.138. The van der Waals surface area contributed by atoms with Crippen LogP contribution in [-0.4, -0.2) is 43.0 Å². The van der Waals surface area contributed by atoms with Gasteiger partial charge in [-0.2, -0.15) is 0 Å². The standard InChI is InChI=1S/C23H41NO4Si/c1-12-13-19(25)20(28-29(10,11)23(7,8)9)24(21(26)27-22(4,5)6)17(3)16(2)18-14-15-18/h12-13,17-18,20H,2,14-15H2,1,3-11H3/t17?,20-/m0/s1. The van der Waals surface area contributed by atoms with E-state index in [1.165, 1.54) is 11.0 Å². The van der Waals surface area contributed by atoms with Crippen LogP contribution in [0.15, 0.2) is 24.3 Å². The van der Waals surface area contributed by atoms with Crippen molar-refractivity contribution in [3.63, 3.8) is 0 Å². The Morgan fingerprint density at radius 2 is 1.66 bits per heavy atom. The van der Waals surface area contributed by atoms with Crippen molar-refractivity contribution in [3.8, 4) is 0 Å². The van der Waals surface area contributed by atoms with Crippen LogP contribution >= 0.6 is 0 Å². The molecule has 0 spiro atoms. The second-order valence-electron chi connectivity index (χ2n) is 10.5. The van der Waals surface area contributed by atoms with Crippen molar-refractivity contribution in [2.75, 3.05) is 0 Å². The molecule has 1 aliphatic carbocycles. The molecule has 0 aromatic rings. The number of hydrogen-bond acceptors (Lipinski definition) is 4. The third-order valence-corrected chi connectivity index (χ3v) is 10.1. The van der Waals surface area contributed by atoms with Gasteiger partial charge in [-0.05, 0) is 77.6 Å². The molecule has 0 heterocycles. The van der Waals surface area contributed by atoms with Crippen molar-refractivity contribution < 1.29 is 18.8 Å². The maximum absolute atomic E-state index is 13.3. The number of carbonyl (C=O) groups is 2. The van der Waals surface area contributed by atoms with Crippen molar-refractivity contribution in [1.29, 1.82) is 0 Å². The summed E-state index contributed by atoms with van der Waals surface area (Å²) in [6, 6.07) is -0.360. The first kappa shape index (κ1) is 25.6. The van der Waals surface area contributed by atoms with Crippen LogP contribution in [0.3, 0.4) is 0 Å². The van der Waals surface area contributed by atoms with Crippen molar-refractivity contribution >= 4 is 20.2 Å². The fraction of sp³-hybridized carbons (Fsp3) is 0.739. The second kappa shape index (κ2) is 9.17. The summed E-state index contributed by atoms with van der Waals surface area (Å²) in [6.45, 7) is 23.9. The van der Waals surface area contributed by atoms with E-state index in [0.717, 1.165) is 18.4 Å². The minimum absolute atomic E-state index is 0.113. The summed E-state index contributed by atoms with van der Waals surface area (Å²) in [5.41, 5.74) is 0.272. The van der Waals surface area contributed by atoms with Crippen LogP contribution in [0.4, 0.5) is 4.79 Å². The van der Waals surface area contributed by atoms with Gasteiger partial charge in [0.2, 0.25) is 5.78 Å². The molecule has 0 aromatic heterocycles. The molecule has 0 radical (unpaired) electrons. The molecule has 1 amide bonds. The van der Waals surface area contributed by atoms with Crippen LogP contribution < -0.4 is 0 Å². The van der Waals surface area contributed by atoms with Gasteiger partial charge in [0, 0.05) is 0 Å². The first-order valence-electron chi connectivity index (χ1n) is 10.6. The molecule has 0 aromatic carbocycles.